The summed E-state index contributed by atoms with van der Waals surface area (Å²) in [6.45, 7) is 1.98. The highest BCUT2D eigenvalue weighted by Crippen LogP contribution is 2.06. The maximum atomic E-state index is 11.6. The summed E-state index contributed by atoms with van der Waals surface area (Å²) < 4.78 is 0. The van der Waals surface area contributed by atoms with E-state index >= 15 is 0 Å². The first-order valence-electron chi connectivity index (χ1n) is 4.72. The van der Waals surface area contributed by atoms with Gasteiger partial charge in [-0.25, -0.2) is 0 Å². The summed E-state index contributed by atoms with van der Waals surface area (Å²) >= 11 is 0. The first-order chi connectivity index (χ1) is 7.69. The van der Waals surface area contributed by atoms with Crippen LogP contribution >= 0.6 is 0 Å². The number of nitrogens with one attached hydrogen (secondary N) is 3. The Labute approximate surface area is 90.6 Å². The van der Waals surface area contributed by atoms with Gasteiger partial charge in [0.1, 0.15) is 0 Å². The molecule has 2 aromatic heterocycles. The second-order valence-corrected chi connectivity index (χ2v) is 3.13. The third-order valence-corrected chi connectivity index (χ3v) is 1.97. The van der Waals surface area contributed by atoms with Crippen molar-refractivity contribution in [1.82, 2.24) is 25.4 Å². The molecule has 0 aromatic carbocycles. The summed E-state index contributed by atoms with van der Waals surface area (Å²) in [6.07, 6.45) is 0.818. The number of H-pyrrole nitrogens is 2. The molecule has 2 heterocycles. The monoisotopic (exact) mass is 221 g/mol. The molecule has 1 amide bonds. The molecule has 2 rings (SSSR count). The number of carbonyl (C=O) groups is 1. The number of hydrogen-bond donors (Lipinski definition) is 4. The Morgan fingerprint density at radius 1 is 1.50 bits per heavy atom. The normalized spacial score (nSPS) is 10.3. The van der Waals surface area contributed by atoms with Crippen LogP contribution in [-0.2, 0) is 6.42 Å². The molecule has 0 saturated heterocycles. The number of anilines is 2. The molecule has 0 aliphatic heterocycles. The van der Waals surface area contributed by atoms with Gasteiger partial charge in [0.2, 0.25) is 11.8 Å². The van der Waals surface area contributed by atoms with Gasteiger partial charge in [-0.15, -0.1) is 5.10 Å². The van der Waals surface area contributed by atoms with Crippen molar-refractivity contribution in [1.29, 1.82) is 0 Å². The van der Waals surface area contributed by atoms with Crippen LogP contribution in [0.3, 0.4) is 0 Å². The predicted molar refractivity (Wildman–Crippen MR) is 56.7 cm³/mol. The molecule has 16 heavy (non-hydrogen) atoms. The van der Waals surface area contributed by atoms with Crippen molar-refractivity contribution in [2.45, 2.75) is 13.3 Å². The molecule has 5 N–H and O–H groups in total. The lowest BCUT2D eigenvalue weighted by Gasteiger charge is -1.95. The van der Waals surface area contributed by atoms with Gasteiger partial charge < -0.3 is 11.1 Å². The van der Waals surface area contributed by atoms with Crippen LogP contribution in [0.1, 0.15) is 23.2 Å². The predicted octanol–water partition coefficient (Wildman–Crippen LogP) is -0.0753. The fourth-order valence-electron chi connectivity index (χ4n) is 1.16. The minimum Gasteiger partial charge on any atom is -0.366 e. The maximum Gasteiger partial charge on any atom is 0.294 e. The van der Waals surface area contributed by atoms with Crippen LogP contribution in [0.4, 0.5) is 11.8 Å². The van der Waals surface area contributed by atoms with Crippen molar-refractivity contribution >= 4 is 17.7 Å². The zero-order valence-corrected chi connectivity index (χ0v) is 8.61. The number of nitrogen functional groups attached to an aromatic ring is 1. The minimum atomic E-state index is -0.432. The topological polar surface area (TPSA) is 125 Å². The van der Waals surface area contributed by atoms with Gasteiger partial charge in [-0.2, -0.15) is 10.1 Å². The van der Waals surface area contributed by atoms with Gasteiger partial charge in [-0.3, -0.25) is 15.0 Å². The molecule has 0 spiro atoms. The van der Waals surface area contributed by atoms with Crippen molar-refractivity contribution in [3.63, 3.8) is 0 Å². The molecule has 0 radical (unpaired) electrons. The van der Waals surface area contributed by atoms with Crippen molar-refractivity contribution in [3.05, 3.63) is 17.6 Å². The van der Waals surface area contributed by atoms with Crippen LogP contribution in [0.2, 0.25) is 0 Å². The van der Waals surface area contributed by atoms with Crippen LogP contribution in [-0.4, -0.2) is 31.3 Å². The molecule has 0 fully saturated rings. The van der Waals surface area contributed by atoms with E-state index in [1.54, 1.807) is 6.07 Å². The molecule has 0 unspecified atom stereocenters. The number of nitrogens with two attached hydrogens (primary N) is 1. The Hall–Kier alpha value is -2.38. The number of hydrogen-bond acceptors (Lipinski definition) is 5. The first kappa shape index (κ1) is 10.1. The molecule has 0 aliphatic carbocycles. The van der Waals surface area contributed by atoms with Gasteiger partial charge >= 0.3 is 0 Å². The van der Waals surface area contributed by atoms with Crippen molar-refractivity contribution in [3.8, 4) is 0 Å². The van der Waals surface area contributed by atoms with E-state index in [1.807, 2.05) is 6.92 Å². The second kappa shape index (κ2) is 4.01. The second-order valence-electron chi connectivity index (χ2n) is 3.13. The number of aromatic nitrogens is 5. The molecule has 0 bridgehead atoms. The average molecular weight is 221 g/mol. The van der Waals surface area contributed by atoms with Gasteiger partial charge in [0.05, 0.1) is 0 Å². The van der Waals surface area contributed by atoms with Gasteiger partial charge in [-0.1, -0.05) is 6.92 Å². The summed E-state index contributed by atoms with van der Waals surface area (Å²) in [6, 6.07) is 1.75. The van der Waals surface area contributed by atoms with E-state index < -0.39 is 5.91 Å². The lowest BCUT2D eigenvalue weighted by atomic mass is 10.3. The summed E-state index contributed by atoms with van der Waals surface area (Å²) in [5.41, 5.74) is 6.22. The van der Waals surface area contributed by atoms with Crippen molar-refractivity contribution in [2.75, 3.05) is 11.1 Å². The van der Waals surface area contributed by atoms with E-state index in [-0.39, 0.29) is 11.8 Å². The van der Waals surface area contributed by atoms with E-state index in [2.05, 4.69) is 30.7 Å². The summed E-state index contributed by atoms with van der Waals surface area (Å²) in [5.74, 6) is 0.0927. The number of rotatable bonds is 3. The molecule has 8 nitrogen and oxygen atoms in total. The van der Waals surface area contributed by atoms with Crippen LogP contribution in [0, 0.1) is 0 Å². The van der Waals surface area contributed by atoms with Crippen LogP contribution < -0.4 is 11.1 Å². The Balaban J connectivity index is 2.07. The van der Waals surface area contributed by atoms with Gasteiger partial charge in [0.25, 0.3) is 5.91 Å². The van der Waals surface area contributed by atoms with E-state index in [4.69, 9.17) is 5.73 Å². The minimum absolute atomic E-state index is 0.0291. The first-order valence-corrected chi connectivity index (χ1v) is 4.72. The molecular weight excluding hydrogens is 210 g/mol. The smallest absolute Gasteiger partial charge is 0.294 e. The van der Waals surface area contributed by atoms with E-state index in [0.29, 0.717) is 5.82 Å². The fourth-order valence-corrected chi connectivity index (χ4v) is 1.16. The Bertz CT molecular complexity index is 500. The van der Waals surface area contributed by atoms with Crippen LogP contribution in [0.15, 0.2) is 6.07 Å². The molecule has 0 aliphatic rings. The molecule has 2 aromatic rings. The molecule has 0 saturated carbocycles. The van der Waals surface area contributed by atoms with Crippen molar-refractivity contribution in [2.24, 2.45) is 0 Å². The fraction of sp³-hybridized carbons (Fsp3) is 0.250. The summed E-state index contributed by atoms with van der Waals surface area (Å²) in [5, 5.41) is 15.2. The highest BCUT2D eigenvalue weighted by Gasteiger charge is 2.12. The number of nitrogens with zero attached hydrogens (tertiary/aromatic N) is 3. The molecule has 0 atom stereocenters. The van der Waals surface area contributed by atoms with E-state index in [9.17, 15) is 4.79 Å². The van der Waals surface area contributed by atoms with E-state index in [1.165, 1.54) is 0 Å². The van der Waals surface area contributed by atoms with E-state index in [0.717, 1.165) is 12.1 Å². The Morgan fingerprint density at radius 2 is 2.31 bits per heavy atom. The third kappa shape index (κ3) is 2.00. The quantitative estimate of drug-likeness (QED) is 0.577. The maximum absolute atomic E-state index is 11.6. The molecule has 8 heteroatoms. The van der Waals surface area contributed by atoms with Crippen LogP contribution in [0.25, 0.3) is 0 Å². The zero-order chi connectivity index (χ0) is 11.5. The number of aromatic amines is 2. The number of carbonyl (C=O) groups excluding carboxylic acids is 1. The van der Waals surface area contributed by atoms with Crippen molar-refractivity contribution < 1.29 is 4.79 Å². The average Bonchev–Trinajstić information content (AvgIpc) is 2.87. The highest BCUT2D eigenvalue weighted by molar-refractivity contribution is 6.01. The lowest BCUT2D eigenvalue weighted by molar-refractivity contribution is 0.101. The Morgan fingerprint density at radius 3 is 2.88 bits per heavy atom. The number of amides is 1. The van der Waals surface area contributed by atoms with Gasteiger partial charge in [-0.05, 0) is 6.42 Å². The molecule has 84 valence electrons. The third-order valence-electron chi connectivity index (χ3n) is 1.97. The Kier molecular flexibility index (Phi) is 2.54. The van der Waals surface area contributed by atoms with Gasteiger partial charge in [0, 0.05) is 11.8 Å². The number of aryl methyl sites for hydroxylation is 1. The summed E-state index contributed by atoms with van der Waals surface area (Å²) in [4.78, 5) is 15.3. The standard InChI is InChI=1S/C8H11N7O/c1-2-4-3-5(13-12-4)10-7(16)6-11-8(9)15-14-6/h3H,2H2,1H3,(H3,9,11,14,15)(H2,10,12,13,16). The highest BCUT2D eigenvalue weighted by atomic mass is 16.2. The lowest BCUT2D eigenvalue weighted by Crippen LogP contribution is -2.14. The summed E-state index contributed by atoms with van der Waals surface area (Å²) in [7, 11) is 0. The molecular formula is C8H11N7O. The van der Waals surface area contributed by atoms with Crippen LogP contribution in [0.5, 0.6) is 0 Å². The van der Waals surface area contributed by atoms with Gasteiger partial charge in [0.15, 0.2) is 5.82 Å². The zero-order valence-electron chi connectivity index (χ0n) is 8.61. The SMILES string of the molecule is CCc1cc(NC(=O)c2nc(N)n[nH]2)n[nH]1. The largest absolute Gasteiger partial charge is 0.366 e.